The van der Waals surface area contributed by atoms with Gasteiger partial charge in [-0.3, -0.25) is 0 Å². The molecule has 0 saturated heterocycles. The molecule has 1 aliphatic heterocycles. The van der Waals surface area contributed by atoms with E-state index in [0.29, 0.717) is 0 Å². The van der Waals surface area contributed by atoms with Crippen LogP contribution in [0.4, 0.5) is 17.3 Å². The summed E-state index contributed by atoms with van der Waals surface area (Å²) >= 11 is 0. The summed E-state index contributed by atoms with van der Waals surface area (Å²) in [6.45, 7) is 0.973. The Morgan fingerprint density at radius 3 is 3.00 bits per heavy atom. The van der Waals surface area contributed by atoms with Gasteiger partial charge >= 0.3 is 0 Å². The molecule has 1 aromatic heterocycles. The van der Waals surface area contributed by atoms with Crippen molar-refractivity contribution in [1.29, 1.82) is 0 Å². The number of anilines is 3. The molecule has 18 heavy (non-hydrogen) atoms. The number of methoxy groups -OCH3 is 1. The average molecular weight is 241 g/mol. The fourth-order valence-corrected chi connectivity index (χ4v) is 2.11. The number of para-hydroxylation sites is 2. The van der Waals surface area contributed by atoms with Gasteiger partial charge in [0.05, 0.1) is 12.8 Å². The highest BCUT2D eigenvalue weighted by molar-refractivity contribution is 5.66. The molecular weight excluding hydrogens is 226 g/mol. The van der Waals surface area contributed by atoms with E-state index in [1.54, 1.807) is 7.11 Å². The molecule has 3 rings (SSSR count). The topological polar surface area (TPSA) is 46.2 Å². The molecule has 1 aromatic carbocycles. The Kier molecular flexibility index (Phi) is 2.76. The van der Waals surface area contributed by atoms with Crippen LogP contribution in [-0.4, -0.2) is 18.6 Å². The second-order valence-corrected chi connectivity index (χ2v) is 4.21. The highest BCUT2D eigenvalue weighted by Gasteiger charge is 2.12. The van der Waals surface area contributed by atoms with E-state index in [2.05, 4.69) is 21.7 Å². The smallest absolute Gasteiger partial charge is 0.142 e. The summed E-state index contributed by atoms with van der Waals surface area (Å²) in [5, 5.41) is 6.55. The van der Waals surface area contributed by atoms with E-state index in [1.807, 2.05) is 30.3 Å². The van der Waals surface area contributed by atoms with E-state index in [4.69, 9.17) is 4.74 Å². The van der Waals surface area contributed by atoms with Crippen molar-refractivity contribution in [3.63, 3.8) is 0 Å². The Balaban J connectivity index is 1.88. The second kappa shape index (κ2) is 4.56. The molecule has 2 N–H and O–H groups in total. The van der Waals surface area contributed by atoms with Crippen molar-refractivity contribution in [3.8, 4) is 5.75 Å². The van der Waals surface area contributed by atoms with Crippen LogP contribution in [0.3, 0.4) is 0 Å². The van der Waals surface area contributed by atoms with Crippen LogP contribution in [0.5, 0.6) is 5.75 Å². The zero-order valence-electron chi connectivity index (χ0n) is 10.2. The normalized spacial score (nSPS) is 12.7. The summed E-state index contributed by atoms with van der Waals surface area (Å²) in [6.07, 6.45) is 1.05. The molecule has 2 heterocycles. The molecule has 4 nitrogen and oxygen atoms in total. The van der Waals surface area contributed by atoms with Crippen LogP contribution in [0, 0.1) is 0 Å². The van der Waals surface area contributed by atoms with Gasteiger partial charge in [0.15, 0.2) is 0 Å². The lowest BCUT2D eigenvalue weighted by Gasteiger charge is -2.11. The molecule has 92 valence electrons. The number of aromatic nitrogens is 1. The van der Waals surface area contributed by atoms with Gasteiger partial charge in [0.2, 0.25) is 0 Å². The second-order valence-electron chi connectivity index (χ2n) is 4.21. The van der Waals surface area contributed by atoms with Gasteiger partial charge in [-0.15, -0.1) is 0 Å². The van der Waals surface area contributed by atoms with Crippen molar-refractivity contribution in [2.75, 3.05) is 24.3 Å². The van der Waals surface area contributed by atoms with E-state index in [9.17, 15) is 0 Å². The van der Waals surface area contributed by atoms with E-state index >= 15 is 0 Å². The van der Waals surface area contributed by atoms with Gasteiger partial charge in [0.1, 0.15) is 17.4 Å². The first kappa shape index (κ1) is 10.9. The van der Waals surface area contributed by atoms with Crippen LogP contribution < -0.4 is 15.4 Å². The number of fused-ring (bicyclic) bond motifs is 1. The minimum Gasteiger partial charge on any atom is -0.495 e. The molecule has 1 aliphatic rings. The Labute approximate surface area is 106 Å². The zero-order valence-corrected chi connectivity index (χ0v) is 10.2. The Bertz CT molecular complexity index is 569. The Hall–Kier alpha value is -2.23. The SMILES string of the molecule is COc1ccccc1Nc1ccc2c(n1)NCC2. The summed E-state index contributed by atoms with van der Waals surface area (Å²) < 4.78 is 5.30. The van der Waals surface area contributed by atoms with Gasteiger partial charge in [-0.2, -0.15) is 0 Å². The van der Waals surface area contributed by atoms with E-state index in [1.165, 1.54) is 5.56 Å². The number of ether oxygens (including phenoxy) is 1. The quantitative estimate of drug-likeness (QED) is 0.867. The molecule has 0 atom stereocenters. The lowest BCUT2D eigenvalue weighted by Crippen LogP contribution is -1.98. The first-order valence-corrected chi connectivity index (χ1v) is 6.00. The fraction of sp³-hybridized carbons (Fsp3) is 0.214. The predicted molar refractivity (Wildman–Crippen MR) is 72.7 cm³/mol. The summed E-state index contributed by atoms with van der Waals surface area (Å²) in [5.41, 5.74) is 2.20. The first-order valence-electron chi connectivity index (χ1n) is 6.00. The number of rotatable bonds is 3. The number of benzene rings is 1. The summed E-state index contributed by atoms with van der Waals surface area (Å²) in [7, 11) is 1.66. The van der Waals surface area contributed by atoms with Crippen LogP contribution in [0.2, 0.25) is 0 Å². The standard InChI is InChI=1S/C14H15N3O/c1-18-12-5-3-2-4-11(12)16-13-7-6-10-8-9-15-14(10)17-13/h2-7H,8-9H2,1H3,(H2,15,16,17). The first-order chi connectivity index (χ1) is 8.86. The highest BCUT2D eigenvalue weighted by atomic mass is 16.5. The maximum Gasteiger partial charge on any atom is 0.142 e. The summed E-state index contributed by atoms with van der Waals surface area (Å²) in [5.74, 6) is 2.62. The molecule has 0 radical (unpaired) electrons. The number of nitrogens with one attached hydrogen (secondary N) is 2. The molecule has 0 saturated carbocycles. The number of hydrogen-bond acceptors (Lipinski definition) is 4. The van der Waals surface area contributed by atoms with Gasteiger partial charge in [0, 0.05) is 6.54 Å². The third kappa shape index (κ3) is 1.97. The van der Waals surface area contributed by atoms with Crippen molar-refractivity contribution in [2.24, 2.45) is 0 Å². The van der Waals surface area contributed by atoms with E-state index in [-0.39, 0.29) is 0 Å². The van der Waals surface area contributed by atoms with Crippen molar-refractivity contribution >= 4 is 17.3 Å². The molecule has 0 fully saturated rings. The number of pyridine rings is 1. The molecule has 2 aromatic rings. The lowest BCUT2D eigenvalue weighted by atomic mass is 10.2. The molecule has 0 bridgehead atoms. The van der Waals surface area contributed by atoms with Gasteiger partial charge < -0.3 is 15.4 Å². The minimum atomic E-state index is 0.813. The summed E-state index contributed by atoms with van der Waals surface area (Å²) in [4.78, 5) is 4.55. The maximum atomic E-state index is 5.30. The van der Waals surface area contributed by atoms with Gasteiger partial charge in [-0.05, 0) is 30.2 Å². The molecular formula is C14H15N3O. The third-order valence-corrected chi connectivity index (χ3v) is 3.04. The van der Waals surface area contributed by atoms with Crippen LogP contribution in [0.25, 0.3) is 0 Å². The van der Waals surface area contributed by atoms with Crippen molar-refractivity contribution in [2.45, 2.75) is 6.42 Å². The Morgan fingerprint density at radius 1 is 1.22 bits per heavy atom. The van der Waals surface area contributed by atoms with Crippen molar-refractivity contribution in [1.82, 2.24) is 4.98 Å². The molecule has 4 heteroatoms. The largest absolute Gasteiger partial charge is 0.495 e. The van der Waals surface area contributed by atoms with Gasteiger partial charge in [-0.25, -0.2) is 4.98 Å². The van der Waals surface area contributed by atoms with Crippen molar-refractivity contribution < 1.29 is 4.74 Å². The molecule has 0 amide bonds. The monoisotopic (exact) mass is 241 g/mol. The van der Waals surface area contributed by atoms with Crippen LogP contribution in [0.15, 0.2) is 36.4 Å². The van der Waals surface area contributed by atoms with E-state index in [0.717, 1.165) is 36.0 Å². The molecule has 0 unspecified atom stereocenters. The number of hydrogen-bond donors (Lipinski definition) is 2. The maximum absolute atomic E-state index is 5.30. The number of nitrogens with zero attached hydrogens (tertiary/aromatic N) is 1. The zero-order chi connectivity index (χ0) is 12.4. The molecule has 0 spiro atoms. The van der Waals surface area contributed by atoms with Crippen LogP contribution >= 0.6 is 0 Å². The van der Waals surface area contributed by atoms with E-state index < -0.39 is 0 Å². The molecule has 0 aliphatic carbocycles. The predicted octanol–water partition coefficient (Wildman–Crippen LogP) is 2.80. The van der Waals surface area contributed by atoms with Crippen molar-refractivity contribution in [3.05, 3.63) is 42.0 Å². The summed E-state index contributed by atoms with van der Waals surface area (Å²) in [6, 6.07) is 11.9. The Morgan fingerprint density at radius 2 is 2.11 bits per heavy atom. The van der Waals surface area contributed by atoms with Gasteiger partial charge in [-0.1, -0.05) is 18.2 Å². The third-order valence-electron chi connectivity index (χ3n) is 3.04. The minimum absolute atomic E-state index is 0.813. The lowest BCUT2D eigenvalue weighted by molar-refractivity contribution is 0.417. The average Bonchev–Trinajstić information content (AvgIpc) is 2.87. The highest BCUT2D eigenvalue weighted by Crippen LogP contribution is 2.28. The van der Waals surface area contributed by atoms with Gasteiger partial charge in [0.25, 0.3) is 0 Å². The van der Waals surface area contributed by atoms with Crippen LogP contribution in [-0.2, 0) is 6.42 Å². The fourth-order valence-electron chi connectivity index (χ4n) is 2.11. The van der Waals surface area contributed by atoms with Crippen LogP contribution in [0.1, 0.15) is 5.56 Å².